The van der Waals surface area contributed by atoms with Crippen molar-refractivity contribution in [3.05, 3.63) is 128 Å². The van der Waals surface area contributed by atoms with E-state index in [0.717, 1.165) is 10.5 Å². The lowest BCUT2D eigenvalue weighted by atomic mass is 10.1. The molecule has 1 unspecified atom stereocenters. The van der Waals surface area contributed by atoms with Gasteiger partial charge in [-0.2, -0.15) is 0 Å². The number of non-ortho nitro benzene ring substituents is 1. The molecule has 0 saturated heterocycles. The summed E-state index contributed by atoms with van der Waals surface area (Å²) in [4.78, 5) is 37.0. The predicted octanol–water partition coefficient (Wildman–Crippen LogP) is 7.63. The zero-order valence-corrected chi connectivity index (χ0v) is 21.4. The highest BCUT2D eigenvalue weighted by Gasteiger charge is 2.22. The predicted molar refractivity (Wildman–Crippen MR) is 148 cm³/mol. The second-order valence-corrected chi connectivity index (χ2v) is 9.89. The van der Waals surface area contributed by atoms with Crippen molar-refractivity contribution in [1.82, 2.24) is 0 Å². The van der Waals surface area contributed by atoms with Crippen molar-refractivity contribution in [2.45, 2.75) is 10.1 Å². The van der Waals surface area contributed by atoms with Crippen molar-refractivity contribution >= 4 is 63.8 Å². The van der Waals surface area contributed by atoms with Crippen LogP contribution in [0.2, 0.25) is 10.0 Å². The Balaban J connectivity index is 1.49. The molecule has 0 spiro atoms. The van der Waals surface area contributed by atoms with Crippen LogP contribution in [0.1, 0.15) is 21.2 Å². The average molecular weight is 552 g/mol. The first kappa shape index (κ1) is 26.2. The number of anilines is 2. The van der Waals surface area contributed by atoms with E-state index < -0.39 is 16.1 Å². The molecule has 2 N–H and O–H groups in total. The van der Waals surface area contributed by atoms with Crippen LogP contribution in [0.25, 0.3) is 0 Å². The van der Waals surface area contributed by atoms with Gasteiger partial charge in [-0.25, -0.2) is 0 Å². The highest BCUT2D eigenvalue weighted by Crippen LogP contribution is 2.37. The molecular weight excluding hydrogens is 533 g/mol. The van der Waals surface area contributed by atoms with Gasteiger partial charge < -0.3 is 10.6 Å². The van der Waals surface area contributed by atoms with Crippen molar-refractivity contribution in [3.63, 3.8) is 0 Å². The quantitative estimate of drug-likeness (QED) is 0.133. The Bertz CT molecular complexity index is 1430. The van der Waals surface area contributed by atoms with E-state index >= 15 is 0 Å². The highest BCUT2D eigenvalue weighted by atomic mass is 35.5. The lowest BCUT2D eigenvalue weighted by molar-refractivity contribution is -0.384. The molecule has 37 heavy (non-hydrogen) atoms. The number of hydrogen-bond donors (Lipinski definition) is 2. The monoisotopic (exact) mass is 551 g/mol. The van der Waals surface area contributed by atoms with Gasteiger partial charge in [0.15, 0.2) is 0 Å². The van der Waals surface area contributed by atoms with E-state index in [4.69, 9.17) is 23.2 Å². The summed E-state index contributed by atoms with van der Waals surface area (Å²) in [6.07, 6.45) is 0. The molecule has 0 aliphatic heterocycles. The Hall–Kier alpha value is -3.85. The molecule has 0 bridgehead atoms. The molecule has 1 atom stereocenters. The van der Waals surface area contributed by atoms with E-state index in [9.17, 15) is 19.7 Å². The molecule has 4 rings (SSSR count). The first-order valence-electron chi connectivity index (χ1n) is 10.9. The standard InChI is InChI=1S/C27H19Cl2N3O4S/c28-19-14-20(29)16-22(15-19)31-27(34)25(17-5-2-1-3-6-17)37-24-11-9-21(10-12-24)30-26(33)18-7-4-8-23(13-18)32(35)36/h1-16,25H,(H,30,33)(H,31,34). The molecule has 186 valence electrons. The zero-order valence-electron chi connectivity index (χ0n) is 19.1. The van der Waals surface area contributed by atoms with Crippen LogP contribution in [0, 0.1) is 10.1 Å². The number of hydrogen-bond acceptors (Lipinski definition) is 5. The number of nitro groups is 1. The Morgan fingerprint density at radius 2 is 1.46 bits per heavy atom. The van der Waals surface area contributed by atoms with E-state index in [2.05, 4.69) is 10.6 Å². The summed E-state index contributed by atoms with van der Waals surface area (Å²) < 4.78 is 0. The van der Waals surface area contributed by atoms with Crippen LogP contribution >= 0.6 is 35.0 Å². The van der Waals surface area contributed by atoms with Crippen molar-refractivity contribution < 1.29 is 14.5 Å². The minimum Gasteiger partial charge on any atom is -0.325 e. The Kier molecular flexibility index (Phi) is 8.45. The van der Waals surface area contributed by atoms with Crippen LogP contribution in [-0.2, 0) is 4.79 Å². The molecule has 4 aromatic rings. The van der Waals surface area contributed by atoms with Gasteiger partial charge in [-0.3, -0.25) is 19.7 Å². The number of halogens is 2. The summed E-state index contributed by atoms with van der Waals surface area (Å²) >= 11 is 13.5. The van der Waals surface area contributed by atoms with E-state index in [0.29, 0.717) is 21.4 Å². The summed E-state index contributed by atoms with van der Waals surface area (Å²) in [6.45, 7) is 0. The molecule has 0 aliphatic carbocycles. The van der Waals surface area contributed by atoms with Crippen molar-refractivity contribution in [2.75, 3.05) is 10.6 Å². The third-order valence-electron chi connectivity index (χ3n) is 5.16. The van der Waals surface area contributed by atoms with Gasteiger partial charge in [0.1, 0.15) is 5.25 Å². The second kappa shape index (κ2) is 11.9. The number of carbonyl (C=O) groups excluding carboxylic acids is 2. The second-order valence-electron chi connectivity index (χ2n) is 7.84. The van der Waals surface area contributed by atoms with E-state index in [-0.39, 0.29) is 17.2 Å². The van der Waals surface area contributed by atoms with E-state index in [1.165, 1.54) is 36.0 Å². The molecule has 0 fully saturated rings. The van der Waals surface area contributed by atoms with Crippen LogP contribution in [0.5, 0.6) is 0 Å². The van der Waals surface area contributed by atoms with Gasteiger partial charge in [0.25, 0.3) is 11.6 Å². The Morgan fingerprint density at radius 3 is 2.11 bits per heavy atom. The number of thioether (sulfide) groups is 1. The summed E-state index contributed by atoms with van der Waals surface area (Å²) in [5.74, 6) is -0.719. The maximum atomic E-state index is 13.3. The van der Waals surface area contributed by atoms with Gasteiger partial charge in [-0.1, -0.05) is 59.6 Å². The summed E-state index contributed by atoms with van der Waals surface area (Å²) in [5, 5.41) is 16.8. The first-order chi connectivity index (χ1) is 17.8. The number of amides is 2. The van der Waals surface area contributed by atoms with E-state index in [1.54, 1.807) is 42.5 Å². The third kappa shape index (κ3) is 7.10. The number of nitro benzene ring substituents is 1. The van der Waals surface area contributed by atoms with E-state index in [1.807, 2.05) is 30.3 Å². The molecule has 4 aromatic carbocycles. The van der Waals surface area contributed by atoms with Crippen molar-refractivity contribution in [3.8, 4) is 0 Å². The van der Waals surface area contributed by atoms with Gasteiger partial charge >= 0.3 is 0 Å². The fourth-order valence-electron chi connectivity index (χ4n) is 3.45. The molecule has 10 heteroatoms. The summed E-state index contributed by atoms with van der Waals surface area (Å²) in [7, 11) is 0. The van der Waals surface area contributed by atoms with Crippen LogP contribution in [0.3, 0.4) is 0 Å². The minimum atomic E-state index is -0.579. The van der Waals surface area contributed by atoms with Gasteiger partial charge in [0.05, 0.1) is 4.92 Å². The van der Waals surface area contributed by atoms with Gasteiger partial charge in [-0.05, 0) is 54.1 Å². The third-order valence-corrected chi connectivity index (χ3v) is 6.86. The fraction of sp³-hybridized carbons (Fsp3) is 0.0370. The maximum absolute atomic E-state index is 13.3. The number of nitrogens with one attached hydrogen (secondary N) is 2. The number of benzene rings is 4. The minimum absolute atomic E-state index is 0.162. The van der Waals surface area contributed by atoms with Crippen LogP contribution in [0.15, 0.2) is 102 Å². The molecule has 0 saturated carbocycles. The van der Waals surface area contributed by atoms with Crippen LogP contribution < -0.4 is 10.6 Å². The number of carbonyl (C=O) groups is 2. The summed E-state index contributed by atoms with van der Waals surface area (Å²) in [5.41, 5.74) is 1.82. The Morgan fingerprint density at radius 1 is 0.784 bits per heavy atom. The SMILES string of the molecule is O=C(Nc1ccc(SC(C(=O)Nc2cc(Cl)cc(Cl)c2)c2ccccc2)cc1)c1cccc([N+](=O)[O-])c1. The molecule has 0 radical (unpaired) electrons. The van der Waals surface area contributed by atoms with Crippen molar-refractivity contribution in [1.29, 1.82) is 0 Å². The molecule has 7 nitrogen and oxygen atoms in total. The number of rotatable bonds is 8. The highest BCUT2D eigenvalue weighted by molar-refractivity contribution is 8.00. The van der Waals surface area contributed by atoms with Gasteiger partial charge in [-0.15, -0.1) is 11.8 Å². The molecule has 2 amide bonds. The van der Waals surface area contributed by atoms with Crippen LogP contribution in [-0.4, -0.2) is 16.7 Å². The maximum Gasteiger partial charge on any atom is 0.270 e. The molecule has 0 heterocycles. The average Bonchev–Trinajstić information content (AvgIpc) is 2.88. The summed E-state index contributed by atoms with van der Waals surface area (Å²) in [6, 6.07) is 26.6. The topological polar surface area (TPSA) is 101 Å². The fourth-order valence-corrected chi connectivity index (χ4v) is 5.00. The lowest BCUT2D eigenvalue weighted by Crippen LogP contribution is -2.19. The largest absolute Gasteiger partial charge is 0.325 e. The molecule has 0 aliphatic rings. The van der Waals surface area contributed by atoms with Crippen LogP contribution in [0.4, 0.5) is 17.1 Å². The molecule has 0 aromatic heterocycles. The normalized spacial score (nSPS) is 11.4. The van der Waals surface area contributed by atoms with Gasteiger partial charge in [0.2, 0.25) is 5.91 Å². The Labute approximate surface area is 227 Å². The first-order valence-corrected chi connectivity index (χ1v) is 12.6. The van der Waals surface area contributed by atoms with Gasteiger partial charge in [0, 0.05) is 44.0 Å². The lowest BCUT2D eigenvalue weighted by Gasteiger charge is -2.18. The zero-order chi connectivity index (χ0) is 26.4. The van der Waals surface area contributed by atoms with Crippen molar-refractivity contribution in [2.24, 2.45) is 0 Å². The smallest absolute Gasteiger partial charge is 0.270 e. The number of nitrogens with zero attached hydrogens (tertiary/aromatic N) is 1. The molecular formula is C27H19Cl2N3O4S.